The average Bonchev–Trinajstić information content (AvgIpc) is 2.64. The summed E-state index contributed by atoms with van der Waals surface area (Å²) in [6.07, 6.45) is 0. The van der Waals surface area contributed by atoms with E-state index in [-0.39, 0.29) is 19.0 Å². The maximum atomic E-state index is 12.0. The number of amides is 3. The van der Waals surface area contributed by atoms with Gasteiger partial charge in [0.25, 0.3) is 11.8 Å². The number of benzene rings is 1. The van der Waals surface area contributed by atoms with Crippen LogP contribution in [0.1, 0.15) is 35.3 Å². The molecule has 0 spiro atoms. The maximum absolute atomic E-state index is 12.0. The Balaban J connectivity index is 2.43. The largest absolute Gasteiger partial charge is 0.454 e. The second kappa shape index (κ2) is 10.9. The van der Waals surface area contributed by atoms with Gasteiger partial charge in [0, 0.05) is 18.7 Å². The number of carbonyl (C=O) groups is 4. The van der Waals surface area contributed by atoms with E-state index in [0.29, 0.717) is 18.7 Å². The van der Waals surface area contributed by atoms with Gasteiger partial charge >= 0.3 is 5.97 Å². The van der Waals surface area contributed by atoms with Crippen LogP contribution >= 0.6 is 0 Å². The molecular weight excluding hydrogens is 350 g/mol. The normalized spacial score (nSPS) is 10.1. The molecule has 0 heterocycles. The van der Waals surface area contributed by atoms with Crippen molar-refractivity contribution in [3.63, 3.8) is 0 Å². The lowest BCUT2D eigenvalue weighted by molar-refractivity contribution is -0.151. The van der Waals surface area contributed by atoms with Gasteiger partial charge < -0.3 is 20.3 Å². The highest BCUT2D eigenvalue weighted by molar-refractivity contribution is 5.96. The molecule has 0 atom stereocenters. The molecule has 1 rings (SSSR count). The Hall–Kier alpha value is -2.90. The highest BCUT2D eigenvalue weighted by Gasteiger charge is 2.17. The van der Waals surface area contributed by atoms with Crippen molar-refractivity contribution in [1.29, 1.82) is 0 Å². The first-order valence-electron chi connectivity index (χ1n) is 8.84. The predicted octanol–water partition coefficient (Wildman–Crippen LogP) is 0.561. The van der Waals surface area contributed by atoms with Crippen molar-refractivity contribution in [3.05, 3.63) is 34.9 Å². The topological polar surface area (TPSA) is 105 Å². The Morgan fingerprint density at radius 2 is 1.74 bits per heavy atom. The summed E-state index contributed by atoms with van der Waals surface area (Å²) in [6.45, 7) is 7.21. The molecule has 3 amide bonds. The van der Waals surface area contributed by atoms with Gasteiger partial charge in [0.15, 0.2) is 6.61 Å². The molecule has 0 fully saturated rings. The van der Waals surface area contributed by atoms with Crippen LogP contribution in [-0.2, 0) is 19.1 Å². The van der Waals surface area contributed by atoms with Crippen LogP contribution in [0, 0.1) is 13.8 Å². The molecule has 148 valence electrons. The number of nitrogens with zero attached hydrogens (tertiary/aromatic N) is 1. The van der Waals surface area contributed by atoms with E-state index in [9.17, 15) is 19.2 Å². The van der Waals surface area contributed by atoms with E-state index < -0.39 is 24.4 Å². The van der Waals surface area contributed by atoms with Crippen LogP contribution in [0.5, 0.6) is 0 Å². The monoisotopic (exact) mass is 377 g/mol. The molecule has 2 N–H and O–H groups in total. The van der Waals surface area contributed by atoms with Crippen LogP contribution in [0.4, 0.5) is 0 Å². The minimum atomic E-state index is -0.727. The van der Waals surface area contributed by atoms with E-state index in [2.05, 4.69) is 10.6 Å². The summed E-state index contributed by atoms with van der Waals surface area (Å²) in [6, 6.07) is 5.24. The van der Waals surface area contributed by atoms with E-state index in [1.807, 2.05) is 19.9 Å². The Labute approximate surface area is 159 Å². The fourth-order valence-electron chi connectivity index (χ4n) is 2.22. The number of hydrogen-bond donors (Lipinski definition) is 2. The lowest BCUT2D eigenvalue weighted by Gasteiger charge is -2.20. The lowest BCUT2D eigenvalue weighted by atomic mass is 10.1. The van der Waals surface area contributed by atoms with E-state index in [1.54, 1.807) is 26.0 Å². The fraction of sp³-hybridized carbons (Fsp3) is 0.474. The summed E-state index contributed by atoms with van der Waals surface area (Å²) in [4.78, 5) is 48.7. The minimum absolute atomic E-state index is 0.0930. The number of aryl methyl sites for hydroxylation is 2. The summed E-state index contributed by atoms with van der Waals surface area (Å²) in [5, 5.41) is 5.06. The van der Waals surface area contributed by atoms with Crippen LogP contribution in [0.3, 0.4) is 0 Å². The molecule has 0 aliphatic rings. The Morgan fingerprint density at radius 1 is 1.04 bits per heavy atom. The highest BCUT2D eigenvalue weighted by atomic mass is 16.5. The van der Waals surface area contributed by atoms with Gasteiger partial charge in [0.2, 0.25) is 5.91 Å². The van der Waals surface area contributed by atoms with Gasteiger partial charge in [-0.25, -0.2) is 0 Å². The molecule has 27 heavy (non-hydrogen) atoms. The van der Waals surface area contributed by atoms with Gasteiger partial charge in [-0.2, -0.15) is 0 Å². The van der Waals surface area contributed by atoms with Gasteiger partial charge in [0.1, 0.15) is 6.54 Å². The quantitative estimate of drug-likeness (QED) is 0.612. The molecule has 0 aliphatic carbocycles. The van der Waals surface area contributed by atoms with E-state index >= 15 is 0 Å². The second-order valence-electron chi connectivity index (χ2n) is 6.00. The third-order valence-electron chi connectivity index (χ3n) is 3.96. The molecule has 0 saturated heterocycles. The number of rotatable bonds is 9. The van der Waals surface area contributed by atoms with E-state index in [0.717, 1.165) is 11.1 Å². The number of esters is 1. The third-order valence-corrected chi connectivity index (χ3v) is 3.96. The minimum Gasteiger partial charge on any atom is -0.454 e. The fourth-order valence-corrected chi connectivity index (χ4v) is 2.22. The third kappa shape index (κ3) is 7.47. The summed E-state index contributed by atoms with van der Waals surface area (Å²) >= 11 is 0. The van der Waals surface area contributed by atoms with Gasteiger partial charge in [-0.3, -0.25) is 19.2 Å². The van der Waals surface area contributed by atoms with Crippen LogP contribution in [0.15, 0.2) is 18.2 Å². The summed E-state index contributed by atoms with van der Waals surface area (Å²) in [7, 11) is 0. The van der Waals surface area contributed by atoms with Crippen LogP contribution in [0.25, 0.3) is 0 Å². The van der Waals surface area contributed by atoms with Crippen molar-refractivity contribution < 1.29 is 23.9 Å². The number of likely N-dealkylation sites (N-methyl/N-ethyl adjacent to an activating group) is 2. The lowest BCUT2D eigenvalue weighted by Crippen LogP contribution is -2.42. The number of hydrogen-bond acceptors (Lipinski definition) is 5. The molecule has 0 saturated carbocycles. The van der Waals surface area contributed by atoms with Crippen molar-refractivity contribution in [2.24, 2.45) is 0 Å². The van der Waals surface area contributed by atoms with E-state index in [4.69, 9.17) is 4.74 Å². The van der Waals surface area contributed by atoms with Crippen LogP contribution in [0.2, 0.25) is 0 Å². The van der Waals surface area contributed by atoms with E-state index in [1.165, 1.54) is 4.90 Å². The molecule has 8 heteroatoms. The van der Waals surface area contributed by atoms with Gasteiger partial charge in [-0.15, -0.1) is 0 Å². The maximum Gasteiger partial charge on any atom is 0.325 e. The molecule has 0 unspecified atom stereocenters. The zero-order valence-electron chi connectivity index (χ0n) is 16.3. The van der Waals surface area contributed by atoms with Crippen molar-refractivity contribution in [3.8, 4) is 0 Å². The summed E-state index contributed by atoms with van der Waals surface area (Å²) < 4.78 is 4.88. The molecule has 1 aromatic rings. The van der Waals surface area contributed by atoms with Gasteiger partial charge in [0.05, 0.1) is 6.54 Å². The van der Waals surface area contributed by atoms with Crippen molar-refractivity contribution in [2.75, 3.05) is 32.8 Å². The highest BCUT2D eigenvalue weighted by Crippen LogP contribution is 2.09. The summed E-state index contributed by atoms with van der Waals surface area (Å²) in [5.74, 6) is -1.88. The number of carbonyl (C=O) groups excluding carboxylic acids is 4. The molecular formula is C19H27N3O5. The van der Waals surface area contributed by atoms with Crippen LogP contribution in [-0.4, -0.2) is 61.4 Å². The second-order valence-corrected chi connectivity index (χ2v) is 6.00. The molecule has 1 aromatic carbocycles. The van der Waals surface area contributed by atoms with Gasteiger partial charge in [-0.1, -0.05) is 6.07 Å². The van der Waals surface area contributed by atoms with Crippen molar-refractivity contribution >= 4 is 23.7 Å². The molecule has 8 nitrogen and oxygen atoms in total. The van der Waals surface area contributed by atoms with Crippen molar-refractivity contribution in [1.82, 2.24) is 15.5 Å². The molecule has 0 bridgehead atoms. The average molecular weight is 377 g/mol. The zero-order chi connectivity index (χ0) is 20.4. The summed E-state index contributed by atoms with van der Waals surface area (Å²) in [5.41, 5.74) is 2.49. The Kier molecular flexibility index (Phi) is 8.98. The Bertz CT molecular complexity index is 703. The predicted molar refractivity (Wildman–Crippen MR) is 100 cm³/mol. The SMILES string of the molecule is CCNC(=O)CN(CC)C(=O)COC(=O)CNC(=O)c1ccc(C)c(C)c1. The first kappa shape index (κ1) is 22.1. The number of ether oxygens (including phenoxy) is 1. The standard InChI is InChI=1S/C19H27N3O5/c1-5-20-16(23)11-22(6-2)17(24)12-27-18(25)10-21-19(26)15-8-7-13(3)14(4)9-15/h7-9H,5-6,10-12H2,1-4H3,(H,20,23)(H,21,26). The van der Waals surface area contributed by atoms with Crippen LogP contribution < -0.4 is 10.6 Å². The zero-order valence-corrected chi connectivity index (χ0v) is 16.3. The number of nitrogens with one attached hydrogen (secondary N) is 2. The first-order valence-corrected chi connectivity index (χ1v) is 8.84. The Morgan fingerprint density at radius 3 is 2.33 bits per heavy atom. The molecule has 0 radical (unpaired) electrons. The van der Waals surface area contributed by atoms with Crippen molar-refractivity contribution in [2.45, 2.75) is 27.7 Å². The first-order chi connectivity index (χ1) is 12.8. The molecule has 0 aromatic heterocycles. The molecule has 0 aliphatic heterocycles. The van der Waals surface area contributed by atoms with Gasteiger partial charge in [-0.05, 0) is 51.0 Å². The smallest absolute Gasteiger partial charge is 0.325 e.